The third-order valence-electron chi connectivity index (χ3n) is 5.02. The molecule has 1 aromatic rings. The summed E-state index contributed by atoms with van der Waals surface area (Å²) >= 11 is 0. The molecule has 1 saturated heterocycles. The zero-order valence-corrected chi connectivity index (χ0v) is 18.0. The molecule has 28 heavy (non-hydrogen) atoms. The fraction of sp³-hybridized carbons (Fsp3) is 0.600. The molecule has 0 saturated carbocycles. The Morgan fingerprint density at radius 3 is 2.46 bits per heavy atom. The number of sulfonamides is 1. The van der Waals surface area contributed by atoms with E-state index < -0.39 is 10.0 Å². The summed E-state index contributed by atoms with van der Waals surface area (Å²) in [6, 6.07) is 8.17. The normalized spacial score (nSPS) is 16.7. The molecule has 154 valence electrons. The van der Waals surface area contributed by atoms with Gasteiger partial charge in [-0.1, -0.05) is 26.0 Å². The molecule has 1 amide bonds. The minimum absolute atomic E-state index is 0.000457. The summed E-state index contributed by atoms with van der Waals surface area (Å²) in [6.45, 7) is 6.37. The van der Waals surface area contributed by atoms with Gasteiger partial charge >= 0.3 is 0 Å². The number of hydrogen-bond donors (Lipinski definition) is 2. The molecular formula is C20H31N4O3S+. The van der Waals surface area contributed by atoms with Crippen molar-refractivity contribution >= 4 is 15.9 Å². The summed E-state index contributed by atoms with van der Waals surface area (Å²) in [7, 11) is 0.448. The van der Waals surface area contributed by atoms with Crippen LogP contribution in [0.4, 0.5) is 0 Å². The van der Waals surface area contributed by atoms with Crippen LogP contribution in [0.25, 0.3) is 0 Å². The number of carbonyl (C=O) groups excluding carboxylic acids is 1. The van der Waals surface area contributed by atoms with Crippen LogP contribution in [0.1, 0.15) is 32.3 Å². The quantitative estimate of drug-likeness (QED) is 0.677. The smallest absolute Gasteiger partial charge is 0.244 e. The minimum atomic E-state index is -3.73. The van der Waals surface area contributed by atoms with Crippen LogP contribution < -0.4 is 10.2 Å². The number of hydrogen-bond acceptors (Lipinski definition) is 4. The Kier molecular flexibility index (Phi) is 7.21. The number of quaternary nitrogens is 1. The lowest BCUT2D eigenvalue weighted by atomic mass is 9.91. The summed E-state index contributed by atoms with van der Waals surface area (Å²) in [5.74, 6) is -0.184. The fourth-order valence-electron chi connectivity index (χ4n) is 3.77. The van der Waals surface area contributed by atoms with E-state index in [0.717, 1.165) is 6.54 Å². The van der Waals surface area contributed by atoms with Gasteiger partial charge in [0.1, 0.15) is 6.07 Å². The molecule has 0 radical (unpaired) electrons. The van der Waals surface area contributed by atoms with E-state index in [-0.39, 0.29) is 40.8 Å². The van der Waals surface area contributed by atoms with E-state index >= 15 is 0 Å². The fourth-order valence-corrected chi connectivity index (χ4v) is 5.38. The van der Waals surface area contributed by atoms with Crippen LogP contribution >= 0.6 is 0 Å². The van der Waals surface area contributed by atoms with Crippen LogP contribution in [-0.2, 0) is 14.8 Å². The third-order valence-corrected chi connectivity index (χ3v) is 6.98. The summed E-state index contributed by atoms with van der Waals surface area (Å²) < 4.78 is 27.1. The SMILES string of the molecule is C[NH+](C)CC(C)(C)CNC(=O)C1CCN(S(=O)(=O)c2ccccc2C#N)CC1. The topological polar surface area (TPSA) is 94.7 Å². The van der Waals surface area contributed by atoms with Gasteiger partial charge in [-0.15, -0.1) is 0 Å². The molecule has 0 spiro atoms. The molecule has 1 fully saturated rings. The maximum absolute atomic E-state index is 12.9. The van der Waals surface area contributed by atoms with Gasteiger partial charge in [-0.2, -0.15) is 9.57 Å². The maximum atomic E-state index is 12.9. The van der Waals surface area contributed by atoms with Gasteiger partial charge in [0.15, 0.2) is 0 Å². The first-order chi connectivity index (χ1) is 13.1. The first-order valence-electron chi connectivity index (χ1n) is 9.63. The lowest BCUT2D eigenvalue weighted by Crippen LogP contribution is -3.07. The van der Waals surface area contributed by atoms with Crippen LogP contribution in [0.15, 0.2) is 29.2 Å². The number of nitrogens with one attached hydrogen (secondary N) is 2. The molecule has 2 rings (SSSR count). The Morgan fingerprint density at radius 1 is 1.29 bits per heavy atom. The largest absolute Gasteiger partial charge is 0.355 e. The van der Waals surface area contributed by atoms with Crippen molar-refractivity contribution in [3.8, 4) is 6.07 Å². The van der Waals surface area contributed by atoms with Crippen molar-refractivity contribution in [2.75, 3.05) is 40.3 Å². The highest BCUT2D eigenvalue weighted by atomic mass is 32.2. The van der Waals surface area contributed by atoms with Crippen molar-refractivity contribution in [1.29, 1.82) is 5.26 Å². The predicted molar refractivity (Wildman–Crippen MR) is 107 cm³/mol. The van der Waals surface area contributed by atoms with Crippen LogP contribution in [0.3, 0.4) is 0 Å². The Morgan fingerprint density at radius 2 is 1.89 bits per heavy atom. The molecule has 0 bridgehead atoms. The third kappa shape index (κ3) is 5.53. The molecule has 0 atom stereocenters. The molecule has 7 nitrogen and oxygen atoms in total. The Balaban J connectivity index is 1.95. The molecule has 8 heteroatoms. The first-order valence-corrected chi connectivity index (χ1v) is 11.1. The highest BCUT2D eigenvalue weighted by molar-refractivity contribution is 7.89. The molecule has 0 aromatic heterocycles. The average Bonchev–Trinajstić information content (AvgIpc) is 2.65. The van der Waals surface area contributed by atoms with E-state index in [2.05, 4.69) is 33.3 Å². The standard InChI is InChI=1S/C20H30N4O3S/c1-20(2,15-23(3)4)14-22-19(25)16-9-11-24(12-10-16)28(26,27)18-8-6-5-7-17(18)13-21/h5-8,16H,9-12,14-15H2,1-4H3,(H,22,25)/p+1. The van der Waals surface area contributed by atoms with Crippen molar-refractivity contribution in [3.05, 3.63) is 29.8 Å². The molecule has 0 unspecified atom stereocenters. The zero-order chi connectivity index (χ0) is 20.9. The van der Waals surface area contributed by atoms with Gasteiger partial charge < -0.3 is 10.2 Å². The number of carbonyl (C=O) groups is 1. The molecule has 1 aromatic carbocycles. The molecule has 1 aliphatic rings. The second-order valence-electron chi connectivity index (χ2n) is 8.55. The second kappa shape index (κ2) is 9.03. The van der Waals surface area contributed by atoms with Crippen LogP contribution in [-0.4, -0.2) is 58.9 Å². The van der Waals surface area contributed by atoms with Gasteiger partial charge in [0.05, 0.1) is 31.1 Å². The molecule has 0 aliphatic carbocycles. The van der Waals surface area contributed by atoms with Crippen LogP contribution in [0.2, 0.25) is 0 Å². The number of nitriles is 1. The Bertz CT molecular complexity index is 835. The van der Waals surface area contributed by atoms with Crippen molar-refractivity contribution in [2.24, 2.45) is 11.3 Å². The van der Waals surface area contributed by atoms with E-state index in [1.54, 1.807) is 12.1 Å². The number of amides is 1. The Hall–Kier alpha value is -1.95. The number of rotatable bonds is 7. The number of nitrogens with zero attached hydrogens (tertiary/aromatic N) is 2. The van der Waals surface area contributed by atoms with Crippen molar-refractivity contribution in [2.45, 2.75) is 31.6 Å². The average molecular weight is 408 g/mol. The van der Waals surface area contributed by atoms with E-state index in [1.807, 2.05) is 6.07 Å². The van der Waals surface area contributed by atoms with Gasteiger partial charge in [0.25, 0.3) is 0 Å². The van der Waals surface area contributed by atoms with Crippen molar-refractivity contribution < 1.29 is 18.1 Å². The Labute approximate surface area is 168 Å². The zero-order valence-electron chi connectivity index (χ0n) is 17.2. The van der Waals surface area contributed by atoms with E-state index in [0.29, 0.717) is 19.4 Å². The van der Waals surface area contributed by atoms with Gasteiger partial charge in [-0.05, 0) is 25.0 Å². The van der Waals surface area contributed by atoms with Gasteiger partial charge in [0, 0.05) is 31.0 Å². The second-order valence-corrected chi connectivity index (χ2v) is 10.5. The summed E-state index contributed by atoms with van der Waals surface area (Å²) in [5, 5.41) is 12.2. The summed E-state index contributed by atoms with van der Waals surface area (Å²) in [6.07, 6.45) is 0.971. The van der Waals surface area contributed by atoms with E-state index in [4.69, 9.17) is 0 Å². The molecule has 1 heterocycles. The lowest BCUT2D eigenvalue weighted by molar-refractivity contribution is -0.865. The van der Waals surface area contributed by atoms with Crippen LogP contribution in [0.5, 0.6) is 0 Å². The minimum Gasteiger partial charge on any atom is -0.355 e. The molecule has 2 N–H and O–H groups in total. The first kappa shape index (κ1) is 22.3. The molecule has 1 aliphatic heterocycles. The van der Waals surface area contributed by atoms with Gasteiger partial charge in [-0.3, -0.25) is 4.79 Å². The van der Waals surface area contributed by atoms with Crippen molar-refractivity contribution in [1.82, 2.24) is 9.62 Å². The van der Waals surface area contributed by atoms with E-state index in [1.165, 1.54) is 21.3 Å². The van der Waals surface area contributed by atoms with E-state index in [9.17, 15) is 18.5 Å². The highest BCUT2D eigenvalue weighted by Gasteiger charge is 2.33. The number of piperidine rings is 1. The highest BCUT2D eigenvalue weighted by Crippen LogP contribution is 2.26. The summed E-state index contributed by atoms with van der Waals surface area (Å²) in [5.41, 5.74) is 0.145. The monoisotopic (exact) mass is 407 g/mol. The summed E-state index contributed by atoms with van der Waals surface area (Å²) in [4.78, 5) is 13.9. The maximum Gasteiger partial charge on any atom is 0.244 e. The lowest BCUT2D eigenvalue weighted by Gasteiger charge is -2.32. The van der Waals surface area contributed by atoms with Gasteiger partial charge in [-0.25, -0.2) is 8.42 Å². The number of benzene rings is 1. The van der Waals surface area contributed by atoms with Crippen LogP contribution in [0, 0.1) is 22.7 Å². The van der Waals surface area contributed by atoms with Gasteiger partial charge in [0.2, 0.25) is 15.9 Å². The predicted octanol–water partition coefficient (Wildman–Crippen LogP) is 0.246. The van der Waals surface area contributed by atoms with Crippen molar-refractivity contribution in [3.63, 3.8) is 0 Å². The molecular weight excluding hydrogens is 376 g/mol.